The second kappa shape index (κ2) is 6.64. The number of rotatable bonds is 6. The molecule has 0 bridgehead atoms. The number of carbonyl (C=O) groups is 1. The maximum Gasteiger partial charge on any atom is 0.167 e. The maximum absolute atomic E-state index is 10.7. The van der Waals surface area contributed by atoms with E-state index in [1.807, 2.05) is 18.2 Å². The van der Waals surface area contributed by atoms with E-state index in [0.717, 1.165) is 5.56 Å². The first-order valence-corrected chi connectivity index (χ1v) is 6.04. The van der Waals surface area contributed by atoms with Crippen molar-refractivity contribution in [3.8, 4) is 5.75 Å². The van der Waals surface area contributed by atoms with Crippen molar-refractivity contribution in [3.63, 3.8) is 0 Å². The highest BCUT2D eigenvalue weighted by Gasteiger charge is 2.10. The molecular formula is C15H20N2O2. The molecule has 1 rings (SSSR count). The summed E-state index contributed by atoms with van der Waals surface area (Å²) in [6.07, 6.45) is 1.84. The summed E-state index contributed by atoms with van der Waals surface area (Å²) in [6.45, 7) is 8.13. The van der Waals surface area contributed by atoms with Crippen molar-refractivity contribution in [2.24, 2.45) is 5.73 Å². The van der Waals surface area contributed by atoms with Gasteiger partial charge >= 0.3 is 0 Å². The van der Waals surface area contributed by atoms with E-state index >= 15 is 0 Å². The highest BCUT2D eigenvalue weighted by atomic mass is 16.5. The van der Waals surface area contributed by atoms with Crippen LogP contribution in [-0.2, 0) is 4.79 Å². The zero-order valence-corrected chi connectivity index (χ0v) is 11.6. The number of methoxy groups -OCH3 is 1. The number of nitrogens with two attached hydrogens (primary N) is 1. The molecular weight excluding hydrogens is 240 g/mol. The standard InChI is InChI=1S/C15H20N2O2/c1-10(2)12-5-6-14(15(7-12)19-4)11(3)17-13(8-16)9-18/h5-10,17H,3,16H2,1-2,4H3/b13-8+. The van der Waals surface area contributed by atoms with E-state index in [-0.39, 0.29) is 5.70 Å². The molecule has 0 aliphatic carbocycles. The number of nitrogens with one attached hydrogen (secondary N) is 1. The summed E-state index contributed by atoms with van der Waals surface area (Å²) < 4.78 is 5.37. The Balaban J connectivity index is 3.06. The molecule has 0 aromatic heterocycles. The molecule has 0 heterocycles. The lowest BCUT2D eigenvalue weighted by atomic mass is 10.00. The Kier molecular flexibility index (Phi) is 5.18. The third-order valence-corrected chi connectivity index (χ3v) is 2.82. The van der Waals surface area contributed by atoms with Crippen LogP contribution in [0.1, 0.15) is 30.9 Å². The second-order valence-corrected chi connectivity index (χ2v) is 4.46. The fraction of sp³-hybridized carbons (Fsp3) is 0.267. The van der Waals surface area contributed by atoms with Crippen LogP contribution in [-0.4, -0.2) is 13.4 Å². The molecule has 3 N–H and O–H groups in total. The van der Waals surface area contributed by atoms with Gasteiger partial charge in [-0.3, -0.25) is 4.79 Å². The van der Waals surface area contributed by atoms with E-state index in [4.69, 9.17) is 10.5 Å². The molecule has 0 saturated heterocycles. The van der Waals surface area contributed by atoms with E-state index < -0.39 is 0 Å². The molecule has 0 atom stereocenters. The van der Waals surface area contributed by atoms with Crippen molar-refractivity contribution < 1.29 is 9.53 Å². The zero-order valence-electron chi connectivity index (χ0n) is 11.6. The third kappa shape index (κ3) is 3.61. The summed E-state index contributed by atoms with van der Waals surface area (Å²) in [4.78, 5) is 10.7. The molecule has 1 aromatic carbocycles. The van der Waals surface area contributed by atoms with Crippen molar-refractivity contribution in [3.05, 3.63) is 47.8 Å². The lowest BCUT2D eigenvalue weighted by Gasteiger charge is -2.15. The van der Waals surface area contributed by atoms with E-state index in [0.29, 0.717) is 23.7 Å². The Morgan fingerprint density at radius 3 is 2.63 bits per heavy atom. The maximum atomic E-state index is 10.7. The Bertz CT molecular complexity index is 505. The first-order chi connectivity index (χ1) is 9.03. The van der Waals surface area contributed by atoms with Gasteiger partial charge in [0.1, 0.15) is 5.75 Å². The normalized spacial score (nSPS) is 11.3. The van der Waals surface area contributed by atoms with Gasteiger partial charge in [0, 0.05) is 17.5 Å². The van der Waals surface area contributed by atoms with Crippen LogP contribution in [0.4, 0.5) is 0 Å². The number of hydrogen-bond donors (Lipinski definition) is 2. The van der Waals surface area contributed by atoms with Gasteiger partial charge in [0.15, 0.2) is 6.29 Å². The second-order valence-electron chi connectivity index (χ2n) is 4.46. The van der Waals surface area contributed by atoms with Crippen molar-refractivity contribution in [2.45, 2.75) is 19.8 Å². The minimum Gasteiger partial charge on any atom is -0.496 e. The molecule has 0 aliphatic heterocycles. The van der Waals surface area contributed by atoms with Crippen LogP contribution < -0.4 is 15.8 Å². The highest BCUT2D eigenvalue weighted by Crippen LogP contribution is 2.28. The number of benzene rings is 1. The molecule has 0 amide bonds. The van der Waals surface area contributed by atoms with Gasteiger partial charge in [-0.25, -0.2) is 0 Å². The molecule has 0 radical (unpaired) electrons. The van der Waals surface area contributed by atoms with E-state index in [1.54, 1.807) is 7.11 Å². The molecule has 1 aromatic rings. The predicted octanol–water partition coefficient (Wildman–Crippen LogP) is 2.38. The molecule has 0 saturated carbocycles. The van der Waals surface area contributed by atoms with Gasteiger partial charge in [0.2, 0.25) is 0 Å². The molecule has 0 fully saturated rings. The summed E-state index contributed by atoms with van der Waals surface area (Å²) >= 11 is 0. The summed E-state index contributed by atoms with van der Waals surface area (Å²) in [7, 11) is 1.61. The number of allylic oxidation sites excluding steroid dienone is 1. The average Bonchev–Trinajstić information content (AvgIpc) is 2.43. The molecule has 4 heteroatoms. The fourth-order valence-electron chi connectivity index (χ4n) is 1.67. The minimum atomic E-state index is 0.264. The summed E-state index contributed by atoms with van der Waals surface area (Å²) in [5, 5.41) is 2.85. The number of hydrogen-bond acceptors (Lipinski definition) is 4. The van der Waals surface area contributed by atoms with Crippen LogP contribution in [0.25, 0.3) is 5.70 Å². The van der Waals surface area contributed by atoms with Gasteiger partial charge in [-0.05, 0) is 23.6 Å². The van der Waals surface area contributed by atoms with Gasteiger partial charge in [-0.1, -0.05) is 26.5 Å². The molecule has 0 aliphatic rings. The molecule has 0 unspecified atom stereocenters. The van der Waals surface area contributed by atoms with E-state index in [1.165, 1.54) is 11.8 Å². The lowest BCUT2D eigenvalue weighted by molar-refractivity contribution is -0.105. The van der Waals surface area contributed by atoms with Gasteiger partial charge in [-0.2, -0.15) is 0 Å². The first-order valence-electron chi connectivity index (χ1n) is 6.04. The van der Waals surface area contributed by atoms with Gasteiger partial charge < -0.3 is 15.8 Å². The summed E-state index contributed by atoms with van der Waals surface area (Å²) in [6, 6.07) is 5.91. The van der Waals surface area contributed by atoms with Crippen molar-refractivity contribution in [1.29, 1.82) is 0 Å². The minimum absolute atomic E-state index is 0.264. The number of aldehydes is 1. The predicted molar refractivity (Wildman–Crippen MR) is 77.6 cm³/mol. The quantitative estimate of drug-likeness (QED) is 0.609. The first kappa shape index (κ1) is 14.8. The van der Waals surface area contributed by atoms with Crippen LogP contribution >= 0.6 is 0 Å². The van der Waals surface area contributed by atoms with Crippen LogP contribution in [0.2, 0.25) is 0 Å². The zero-order chi connectivity index (χ0) is 14.4. The molecule has 19 heavy (non-hydrogen) atoms. The highest BCUT2D eigenvalue weighted by molar-refractivity contribution is 5.78. The number of ether oxygens (including phenoxy) is 1. The van der Waals surface area contributed by atoms with Gasteiger partial charge in [0.25, 0.3) is 0 Å². The van der Waals surface area contributed by atoms with E-state index in [2.05, 4.69) is 25.7 Å². The topological polar surface area (TPSA) is 64.4 Å². The smallest absolute Gasteiger partial charge is 0.167 e. The van der Waals surface area contributed by atoms with Crippen LogP contribution in [0.3, 0.4) is 0 Å². The van der Waals surface area contributed by atoms with Crippen LogP contribution in [0.15, 0.2) is 36.7 Å². The third-order valence-electron chi connectivity index (χ3n) is 2.82. The van der Waals surface area contributed by atoms with Gasteiger partial charge in [-0.15, -0.1) is 0 Å². The SMILES string of the molecule is C=C(N/C(C=O)=C/N)c1ccc(C(C)C)cc1OC. The van der Waals surface area contributed by atoms with Crippen LogP contribution in [0.5, 0.6) is 5.75 Å². The lowest BCUT2D eigenvalue weighted by Crippen LogP contribution is -2.14. The van der Waals surface area contributed by atoms with Crippen molar-refractivity contribution in [2.75, 3.05) is 7.11 Å². The molecule has 0 spiro atoms. The summed E-state index contributed by atoms with van der Waals surface area (Å²) in [5.74, 6) is 1.13. The molecule has 4 nitrogen and oxygen atoms in total. The van der Waals surface area contributed by atoms with Gasteiger partial charge in [0.05, 0.1) is 12.8 Å². The van der Waals surface area contributed by atoms with E-state index in [9.17, 15) is 4.79 Å². The largest absolute Gasteiger partial charge is 0.496 e. The Labute approximate surface area is 114 Å². The Morgan fingerprint density at radius 1 is 1.47 bits per heavy atom. The Morgan fingerprint density at radius 2 is 2.16 bits per heavy atom. The molecule has 102 valence electrons. The van der Waals surface area contributed by atoms with Crippen molar-refractivity contribution in [1.82, 2.24) is 5.32 Å². The summed E-state index contributed by atoms with van der Waals surface area (Å²) in [5.41, 5.74) is 8.12. The number of carbonyl (C=O) groups excluding carboxylic acids is 1. The average molecular weight is 260 g/mol. The fourth-order valence-corrected chi connectivity index (χ4v) is 1.67. The monoisotopic (exact) mass is 260 g/mol. The van der Waals surface area contributed by atoms with Crippen molar-refractivity contribution >= 4 is 12.0 Å². The Hall–Kier alpha value is -2.23. The van der Waals surface area contributed by atoms with Crippen LogP contribution in [0, 0.1) is 0 Å².